The van der Waals surface area contributed by atoms with Crippen LogP contribution in [0, 0.1) is 5.41 Å². The van der Waals surface area contributed by atoms with Crippen molar-refractivity contribution in [3.63, 3.8) is 0 Å². The fraction of sp³-hybridized carbons (Fsp3) is 0.630. The Morgan fingerprint density at radius 3 is 2.50 bits per heavy atom. The molecule has 3 aliphatic heterocycles. The number of halogens is 8. The monoisotopic (exact) mass is 581 g/mol. The summed E-state index contributed by atoms with van der Waals surface area (Å²) in [6, 6.07) is -0.0981. The molecule has 5 rings (SSSR count). The van der Waals surface area contributed by atoms with Crippen molar-refractivity contribution in [2.75, 3.05) is 32.9 Å². The fourth-order valence-corrected chi connectivity index (χ4v) is 6.32. The normalized spacial score (nSPS) is 32.0. The summed E-state index contributed by atoms with van der Waals surface area (Å²) in [7, 11) is 0. The lowest BCUT2D eigenvalue weighted by molar-refractivity contribution is -0.286. The Balaban J connectivity index is 1.48. The standard InChI is InChI=1S/C27H31F8N3O2/c1-15-8-16-9-20-21(40-27(34,35)39-20)12-19(16)24(38(15)14-26(31,32)33)25(2)22(29)10-18(11-23(25)30)36-17-4-7-37(13-17)6-3-5-28/h9-12,15,17,22,24,36H,3-8,13-14H2,1-2H3/t15-,17+,22?,24+,25?/m1/s1. The molecule has 0 aromatic heterocycles. The molecular weight excluding hydrogens is 550 g/mol. The third kappa shape index (κ3) is 5.50. The maximum Gasteiger partial charge on any atom is 0.586 e. The van der Waals surface area contributed by atoms with Crippen LogP contribution in [0.25, 0.3) is 0 Å². The van der Waals surface area contributed by atoms with Gasteiger partial charge in [0.1, 0.15) is 12.0 Å². The number of allylic oxidation sites excluding steroid dienone is 2. The van der Waals surface area contributed by atoms with Crippen molar-refractivity contribution in [1.29, 1.82) is 0 Å². The van der Waals surface area contributed by atoms with Crippen molar-refractivity contribution >= 4 is 0 Å². The smallest absolute Gasteiger partial charge is 0.395 e. The summed E-state index contributed by atoms with van der Waals surface area (Å²) in [6.07, 6.45) is -7.39. The summed E-state index contributed by atoms with van der Waals surface area (Å²) in [6.45, 7) is 2.65. The van der Waals surface area contributed by atoms with Crippen LogP contribution in [0.2, 0.25) is 0 Å². The van der Waals surface area contributed by atoms with Crippen molar-refractivity contribution < 1.29 is 44.6 Å². The molecular formula is C27H31F8N3O2. The van der Waals surface area contributed by atoms with Gasteiger partial charge in [0.15, 0.2) is 11.5 Å². The summed E-state index contributed by atoms with van der Waals surface area (Å²) in [5, 5.41) is 3.10. The van der Waals surface area contributed by atoms with E-state index in [1.54, 1.807) is 0 Å². The Kier molecular flexibility index (Phi) is 7.52. The van der Waals surface area contributed by atoms with E-state index >= 15 is 8.78 Å². The summed E-state index contributed by atoms with van der Waals surface area (Å²) in [5.41, 5.74) is -1.53. The summed E-state index contributed by atoms with van der Waals surface area (Å²) in [4.78, 5) is 3.02. The average Bonchev–Trinajstić information content (AvgIpc) is 3.41. The molecule has 1 N–H and O–H groups in total. The molecule has 4 aliphatic rings. The first-order valence-corrected chi connectivity index (χ1v) is 13.2. The van der Waals surface area contributed by atoms with Crippen molar-refractivity contribution in [2.45, 2.75) is 69.9 Å². The SMILES string of the molecule is C[C@@H]1Cc2cc3c(cc2[C@@H](C2(C)C(F)=CC(N[C@H]4CCN(CCCF)C4)=CC2F)N1CC(F)(F)F)OC(F)(F)O3. The molecule has 0 saturated carbocycles. The third-order valence-corrected chi connectivity index (χ3v) is 8.25. The number of benzene rings is 1. The van der Waals surface area contributed by atoms with Gasteiger partial charge in [0.25, 0.3) is 0 Å². The molecule has 5 nitrogen and oxygen atoms in total. The van der Waals surface area contributed by atoms with Gasteiger partial charge in [-0.15, -0.1) is 8.78 Å². The molecule has 0 bridgehead atoms. The second-order valence-electron chi connectivity index (χ2n) is 11.2. The molecule has 1 fully saturated rings. The lowest BCUT2D eigenvalue weighted by Crippen LogP contribution is -2.54. The number of fused-ring (bicyclic) bond motifs is 2. The molecule has 222 valence electrons. The van der Waals surface area contributed by atoms with E-state index in [-0.39, 0.29) is 29.5 Å². The van der Waals surface area contributed by atoms with Gasteiger partial charge in [0, 0.05) is 37.4 Å². The Morgan fingerprint density at radius 1 is 1.15 bits per heavy atom. The van der Waals surface area contributed by atoms with Gasteiger partial charge < -0.3 is 19.7 Å². The van der Waals surface area contributed by atoms with Gasteiger partial charge >= 0.3 is 12.5 Å². The molecule has 40 heavy (non-hydrogen) atoms. The van der Waals surface area contributed by atoms with Crippen LogP contribution in [0.4, 0.5) is 35.1 Å². The Labute approximate surface area is 226 Å². The van der Waals surface area contributed by atoms with Gasteiger partial charge in [0.05, 0.1) is 24.7 Å². The Morgan fingerprint density at radius 2 is 1.85 bits per heavy atom. The predicted octanol–water partition coefficient (Wildman–Crippen LogP) is 5.98. The number of alkyl halides is 7. The van der Waals surface area contributed by atoms with Crippen LogP contribution in [0.3, 0.4) is 0 Å². The summed E-state index contributed by atoms with van der Waals surface area (Å²) >= 11 is 0. The quantitative estimate of drug-likeness (QED) is 0.402. The molecule has 3 heterocycles. The number of likely N-dealkylation sites (tertiary alicyclic amines) is 1. The average molecular weight is 582 g/mol. The summed E-state index contributed by atoms with van der Waals surface area (Å²) < 4.78 is 122. The minimum Gasteiger partial charge on any atom is -0.395 e. The third-order valence-electron chi connectivity index (χ3n) is 8.25. The number of hydrogen-bond donors (Lipinski definition) is 1. The van der Waals surface area contributed by atoms with Crippen molar-refractivity contribution in [2.24, 2.45) is 5.41 Å². The molecule has 0 spiro atoms. The van der Waals surface area contributed by atoms with Crippen LogP contribution >= 0.6 is 0 Å². The first-order valence-electron chi connectivity index (χ1n) is 13.2. The largest absolute Gasteiger partial charge is 0.586 e. The van der Waals surface area contributed by atoms with E-state index in [0.717, 1.165) is 23.1 Å². The number of nitrogens with one attached hydrogen (secondary N) is 1. The fourth-order valence-electron chi connectivity index (χ4n) is 6.32. The summed E-state index contributed by atoms with van der Waals surface area (Å²) in [5.74, 6) is -1.67. The molecule has 13 heteroatoms. The van der Waals surface area contributed by atoms with Crippen LogP contribution in [-0.4, -0.2) is 73.4 Å². The zero-order valence-electron chi connectivity index (χ0n) is 22.0. The second kappa shape index (κ2) is 10.4. The topological polar surface area (TPSA) is 37.0 Å². The van der Waals surface area contributed by atoms with E-state index in [1.807, 2.05) is 4.90 Å². The van der Waals surface area contributed by atoms with Crippen LogP contribution in [-0.2, 0) is 6.42 Å². The van der Waals surface area contributed by atoms with Crippen molar-refractivity contribution in [3.05, 3.63) is 46.9 Å². The maximum absolute atomic E-state index is 16.1. The van der Waals surface area contributed by atoms with Gasteiger partial charge in [-0.1, -0.05) is 0 Å². The highest BCUT2D eigenvalue weighted by atomic mass is 19.4. The van der Waals surface area contributed by atoms with Gasteiger partial charge in [0.2, 0.25) is 0 Å². The van der Waals surface area contributed by atoms with Gasteiger partial charge in [-0.25, -0.2) is 8.78 Å². The zero-order valence-corrected chi connectivity index (χ0v) is 22.0. The van der Waals surface area contributed by atoms with E-state index in [0.29, 0.717) is 38.0 Å². The Hall–Kier alpha value is -2.54. The van der Waals surface area contributed by atoms with Crippen molar-refractivity contribution in [3.8, 4) is 11.5 Å². The predicted molar refractivity (Wildman–Crippen MR) is 130 cm³/mol. The molecule has 1 aromatic carbocycles. The maximum atomic E-state index is 16.1. The van der Waals surface area contributed by atoms with Crippen LogP contribution in [0.15, 0.2) is 35.8 Å². The second-order valence-corrected chi connectivity index (χ2v) is 11.2. The van der Waals surface area contributed by atoms with E-state index in [9.17, 15) is 26.3 Å². The Bertz CT molecular complexity index is 1190. The lowest BCUT2D eigenvalue weighted by atomic mass is 9.67. The minimum atomic E-state index is -4.69. The molecule has 1 aromatic rings. The first kappa shape index (κ1) is 29.0. The minimum absolute atomic E-state index is 0.0196. The van der Waals surface area contributed by atoms with Crippen LogP contribution in [0.5, 0.6) is 11.5 Å². The van der Waals surface area contributed by atoms with Gasteiger partial charge in [-0.05, 0) is 68.5 Å². The molecule has 2 unspecified atom stereocenters. The highest BCUT2D eigenvalue weighted by molar-refractivity contribution is 5.53. The van der Waals surface area contributed by atoms with E-state index < -0.39 is 60.9 Å². The van der Waals surface area contributed by atoms with Crippen LogP contribution < -0.4 is 14.8 Å². The number of rotatable bonds is 7. The molecule has 0 amide bonds. The van der Waals surface area contributed by atoms with E-state index in [4.69, 9.17) is 0 Å². The lowest BCUT2D eigenvalue weighted by Gasteiger charge is -2.51. The molecule has 5 atom stereocenters. The highest BCUT2D eigenvalue weighted by Gasteiger charge is 2.55. The molecule has 0 radical (unpaired) electrons. The first-order chi connectivity index (χ1) is 18.7. The van der Waals surface area contributed by atoms with E-state index in [2.05, 4.69) is 14.8 Å². The van der Waals surface area contributed by atoms with E-state index in [1.165, 1.54) is 19.9 Å². The van der Waals surface area contributed by atoms with Crippen LogP contribution in [0.1, 0.15) is 43.9 Å². The highest BCUT2D eigenvalue weighted by Crippen LogP contribution is 2.56. The number of hydrogen-bond acceptors (Lipinski definition) is 5. The molecule has 1 aliphatic carbocycles. The van der Waals surface area contributed by atoms with Crippen molar-refractivity contribution in [1.82, 2.24) is 15.1 Å². The molecule has 1 saturated heterocycles. The number of nitrogens with zero attached hydrogens (tertiary/aromatic N) is 2. The van der Waals surface area contributed by atoms with Gasteiger partial charge in [-0.3, -0.25) is 9.29 Å². The number of ether oxygens (including phenoxy) is 2. The zero-order chi connectivity index (χ0) is 29.0. The van der Waals surface area contributed by atoms with Gasteiger partial charge in [-0.2, -0.15) is 13.2 Å².